The van der Waals surface area contributed by atoms with Gasteiger partial charge in [0.2, 0.25) is 5.78 Å². The van der Waals surface area contributed by atoms with Crippen LogP contribution >= 0.6 is 0 Å². The lowest BCUT2D eigenvalue weighted by Gasteiger charge is -2.35. The van der Waals surface area contributed by atoms with Crippen LogP contribution in [0.5, 0.6) is 0 Å². The maximum atomic E-state index is 12.2. The third-order valence-corrected chi connectivity index (χ3v) is 3.89. The molecule has 0 saturated carbocycles. The lowest BCUT2D eigenvalue weighted by Crippen LogP contribution is -2.50. The van der Waals surface area contributed by atoms with Gasteiger partial charge in [0, 0.05) is 17.7 Å². The summed E-state index contributed by atoms with van der Waals surface area (Å²) in [7, 11) is 0. The van der Waals surface area contributed by atoms with Gasteiger partial charge in [-0.1, -0.05) is 0 Å². The number of nitrogens with zero attached hydrogens (tertiary/aromatic N) is 2. The van der Waals surface area contributed by atoms with Gasteiger partial charge in [-0.2, -0.15) is 0 Å². The van der Waals surface area contributed by atoms with Crippen LogP contribution in [-0.4, -0.2) is 41.4 Å². The topological polar surface area (TPSA) is 60.2 Å². The highest BCUT2D eigenvalue weighted by atomic mass is 16.6. The van der Waals surface area contributed by atoms with Gasteiger partial charge in [0.05, 0.1) is 24.6 Å². The molecule has 0 aliphatic rings. The molecule has 0 atom stereocenters. The molecule has 0 aromatic heterocycles. The van der Waals surface area contributed by atoms with Gasteiger partial charge in [0.15, 0.2) is 0 Å². The summed E-state index contributed by atoms with van der Waals surface area (Å²) in [5, 5.41) is 10.6. The number of quaternary nitrogens is 1. The summed E-state index contributed by atoms with van der Waals surface area (Å²) in [4.78, 5) is 22.3. The van der Waals surface area contributed by atoms with Crippen LogP contribution < -0.4 is 0 Å². The Hall–Kier alpha value is -1.75. The zero-order chi connectivity index (χ0) is 14.5. The molecule has 104 valence electrons. The van der Waals surface area contributed by atoms with E-state index in [1.54, 1.807) is 0 Å². The molecule has 0 N–H and O–H groups in total. The predicted molar refractivity (Wildman–Crippen MR) is 74.2 cm³/mol. The summed E-state index contributed by atoms with van der Waals surface area (Å²) in [6.07, 6.45) is 0. The third kappa shape index (κ3) is 3.61. The number of benzene rings is 1. The van der Waals surface area contributed by atoms with Gasteiger partial charge in [0.1, 0.15) is 6.54 Å². The zero-order valence-corrected chi connectivity index (χ0v) is 11.8. The van der Waals surface area contributed by atoms with Crippen LogP contribution in [0.2, 0.25) is 0 Å². The van der Waals surface area contributed by atoms with Crippen LogP contribution in [0.25, 0.3) is 0 Å². The fourth-order valence-electron chi connectivity index (χ4n) is 2.17. The maximum absolute atomic E-state index is 12.2. The number of hydrogen-bond acceptors (Lipinski definition) is 3. The highest BCUT2D eigenvalue weighted by molar-refractivity contribution is 5.97. The Labute approximate surface area is 113 Å². The highest BCUT2D eigenvalue weighted by Gasteiger charge is 2.25. The molecule has 5 nitrogen and oxygen atoms in total. The van der Waals surface area contributed by atoms with Crippen molar-refractivity contribution in [1.29, 1.82) is 0 Å². The van der Waals surface area contributed by atoms with Gasteiger partial charge >= 0.3 is 0 Å². The molecule has 0 aliphatic carbocycles. The lowest BCUT2D eigenvalue weighted by atomic mass is 10.1. The summed E-state index contributed by atoms with van der Waals surface area (Å²) < 4.78 is 0.746. The molecule has 1 rings (SSSR count). The molecule has 1 aromatic carbocycles. The molecule has 0 saturated heterocycles. The first-order valence-electron chi connectivity index (χ1n) is 6.60. The minimum Gasteiger partial charge on any atom is -0.318 e. The van der Waals surface area contributed by atoms with E-state index in [0.29, 0.717) is 12.1 Å². The van der Waals surface area contributed by atoms with Gasteiger partial charge in [-0.15, -0.1) is 0 Å². The van der Waals surface area contributed by atoms with Gasteiger partial charge < -0.3 is 4.48 Å². The molecule has 19 heavy (non-hydrogen) atoms. The molecule has 0 radical (unpaired) electrons. The number of rotatable bonds is 7. The molecule has 0 bridgehead atoms. The Morgan fingerprint density at radius 2 is 1.58 bits per heavy atom. The summed E-state index contributed by atoms with van der Waals surface area (Å²) in [6, 6.07) is 5.84. The van der Waals surface area contributed by atoms with E-state index >= 15 is 0 Å². The second-order valence-corrected chi connectivity index (χ2v) is 4.68. The molecule has 1 aromatic rings. The second kappa shape index (κ2) is 6.43. The normalized spacial score (nSPS) is 11.3. The summed E-state index contributed by atoms with van der Waals surface area (Å²) in [5.74, 6) is 0.0421. The van der Waals surface area contributed by atoms with E-state index in [-0.39, 0.29) is 11.5 Å². The number of nitro groups is 1. The summed E-state index contributed by atoms with van der Waals surface area (Å²) >= 11 is 0. The van der Waals surface area contributed by atoms with Crippen molar-refractivity contribution in [2.45, 2.75) is 20.8 Å². The van der Waals surface area contributed by atoms with E-state index in [4.69, 9.17) is 0 Å². The van der Waals surface area contributed by atoms with E-state index in [2.05, 4.69) is 20.8 Å². The van der Waals surface area contributed by atoms with Crippen molar-refractivity contribution in [3.63, 3.8) is 0 Å². The Balaban J connectivity index is 2.86. The van der Waals surface area contributed by atoms with Gasteiger partial charge in [-0.25, -0.2) is 0 Å². The van der Waals surface area contributed by atoms with Crippen LogP contribution in [0.15, 0.2) is 24.3 Å². The minimum absolute atomic E-state index is 0.0128. The molecule has 0 amide bonds. The zero-order valence-electron chi connectivity index (χ0n) is 11.8. The Bertz CT molecular complexity index is 442. The molecule has 5 heteroatoms. The quantitative estimate of drug-likeness (QED) is 0.329. The first-order chi connectivity index (χ1) is 8.98. The number of non-ortho nitro benzene ring substituents is 1. The Kier molecular flexibility index (Phi) is 5.18. The van der Waals surface area contributed by atoms with E-state index in [0.717, 1.165) is 24.1 Å². The van der Waals surface area contributed by atoms with Crippen molar-refractivity contribution in [3.05, 3.63) is 39.9 Å². The molecular weight excluding hydrogens is 244 g/mol. The van der Waals surface area contributed by atoms with E-state index in [1.807, 2.05) is 0 Å². The smallest absolute Gasteiger partial charge is 0.269 e. The maximum Gasteiger partial charge on any atom is 0.269 e. The largest absolute Gasteiger partial charge is 0.318 e. The van der Waals surface area contributed by atoms with Crippen molar-refractivity contribution in [2.75, 3.05) is 26.2 Å². The molecule has 0 fully saturated rings. The summed E-state index contributed by atoms with van der Waals surface area (Å²) in [5.41, 5.74) is 0.558. The van der Waals surface area contributed by atoms with Crippen molar-refractivity contribution >= 4 is 11.5 Å². The van der Waals surface area contributed by atoms with E-state index in [1.165, 1.54) is 24.3 Å². The number of carbonyl (C=O) groups is 1. The predicted octanol–water partition coefficient (Wildman–Crippen LogP) is 2.65. The Morgan fingerprint density at radius 1 is 1.11 bits per heavy atom. The van der Waals surface area contributed by atoms with Gasteiger partial charge in [-0.3, -0.25) is 14.9 Å². The Morgan fingerprint density at radius 3 is 1.95 bits per heavy atom. The first kappa shape index (κ1) is 15.3. The minimum atomic E-state index is -0.460. The number of likely N-dealkylation sites (N-methyl/N-ethyl adjacent to an activating group) is 1. The van der Waals surface area contributed by atoms with Gasteiger partial charge in [-0.05, 0) is 32.9 Å². The van der Waals surface area contributed by atoms with E-state index < -0.39 is 4.92 Å². The van der Waals surface area contributed by atoms with E-state index in [9.17, 15) is 14.9 Å². The fourth-order valence-corrected chi connectivity index (χ4v) is 2.17. The van der Waals surface area contributed by atoms with Crippen LogP contribution in [-0.2, 0) is 0 Å². The van der Waals surface area contributed by atoms with Crippen LogP contribution in [0.4, 0.5) is 5.69 Å². The van der Waals surface area contributed by atoms with Crippen molar-refractivity contribution in [3.8, 4) is 0 Å². The number of ketones is 1. The molecule has 0 aliphatic heterocycles. The summed E-state index contributed by atoms with van der Waals surface area (Å²) in [6.45, 7) is 9.41. The standard InChI is InChI=1S/C14H21N2O3/c1-4-16(5-2,6-3)11-14(17)12-7-9-13(10-8-12)15(18)19/h7-10H,4-6,11H2,1-3H3/q+1. The number of Topliss-reactive ketones (excluding diaryl/α,β-unsaturated/α-hetero) is 1. The lowest BCUT2D eigenvalue weighted by molar-refractivity contribution is -0.915. The highest BCUT2D eigenvalue weighted by Crippen LogP contribution is 2.14. The first-order valence-corrected chi connectivity index (χ1v) is 6.60. The van der Waals surface area contributed by atoms with Crippen LogP contribution in [0.1, 0.15) is 31.1 Å². The molecule has 0 spiro atoms. The SMILES string of the molecule is CC[N+](CC)(CC)CC(=O)c1ccc([N+](=O)[O-])cc1. The van der Waals surface area contributed by atoms with Crippen molar-refractivity contribution in [1.82, 2.24) is 0 Å². The van der Waals surface area contributed by atoms with Gasteiger partial charge in [0.25, 0.3) is 5.69 Å². The number of nitro benzene ring substituents is 1. The van der Waals surface area contributed by atoms with Crippen molar-refractivity contribution < 1.29 is 14.2 Å². The number of carbonyl (C=O) groups excluding carboxylic acids is 1. The van der Waals surface area contributed by atoms with Crippen LogP contribution in [0.3, 0.4) is 0 Å². The van der Waals surface area contributed by atoms with Crippen molar-refractivity contribution in [2.24, 2.45) is 0 Å². The monoisotopic (exact) mass is 265 g/mol. The fraction of sp³-hybridized carbons (Fsp3) is 0.500. The molecule has 0 heterocycles. The second-order valence-electron chi connectivity index (χ2n) is 4.68. The number of hydrogen-bond donors (Lipinski definition) is 0. The molecule has 0 unspecified atom stereocenters. The third-order valence-electron chi connectivity index (χ3n) is 3.89. The average Bonchev–Trinajstić information content (AvgIpc) is 2.45. The van der Waals surface area contributed by atoms with Crippen LogP contribution in [0, 0.1) is 10.1 Å². The molecular formula is C14H21N2O3+. The average molecular weight is 265 g/mol.